The molecule has 5 rings (SSSR count). The molecule has 0 radical (unpaired) electrons. The Morgan fingerprint density at radius 2 is 1.57 bits per heavy atom. The molecule has 184 valence electrons. The van der Waals surface area contributed by atoms with E-state index in [0.717, 1.165) is 41.5 Å². The number of carboxylic acids is 1. The van der Waals surface area contributed by atoms with Gasteiger partial charge in [-0.05, 0) is 53.4 Å². The number of fused-ring (bicyclic) bond motifs is 3. The van der Waals surface area contributed by atoms with Gasteiger partial charge in [-0.3, -0.25) is 4.79 Å². The molecule has 0 unspecified atom stereocenters. The summed E-state index contributed by atoms with van der Waals surface area (Å²) in [5.74, 6) is -7.39. The molecule has 7 nitrogen and oxygen atoms in total. The lowest BCUT2D eigenvalue weighted by molar-refractivity contribution is -0.165. The molecule has 1 spiro atoms. The highest BCUT2D eigenvalue weighted by Gasteiger charge is 2.62. The molecule has 0 atom stereocenters. The first kappa shape index (κ1) is 23.3. The van der Waals surface area contributed by atoms with Crippen molar-refractivity contribution in [3.8, 4) is 11.1 Å². The van der Waals surface area contributed by atoms with Gasteiger partial charge in [0.05, 0.1) is 6.54 Å². The van der Waals surface area contributed by atoms with Gasteiger partial charge in [0.1, 0.15) is 12.1 Å². The zero-order valence-electron chi connectivity index (χ0n) is 19.0. The summed E-state index contributed by atoms with van der Waals surface area (Å²) in [6.07, 6.45) is 2.64. The lowest BCUT2D eigenvalue weighted by Crippen LogP contribution is -2.71. The molecule has 3 N–H and O–H groups in total. The van der Waals surface area contributed by atoms with Gasteiger partial charge in [-0.1, -0.05) is 55.0 Å². The van der Waals surface area contributed by atoms with E-state index in [4.69, 9.17) is 9.84 Å². The number of ether oxygens (including phenoxy) is 1. The maximum Gasteiger partial charge on any atom is 0.408 e. The molecule has 9 heteroatoms. The largest absolute Gasteiger partial charge is 0.477 e. The van der Waals surface area contributed by atoms with Gasteiger partial charge in [0.2, 0.25) is 5.91 Å². The molecule has 3 aliphatic rings. The van der Waals surface area contributed by atoms with Crippen LogP contribution in [0.1, 0.15) is 49.1 Å². The maximum absolute atomic E-state index is 13.5. The summed E-state index contributed by atoms with van der Waals surface area (Å²) >= 11 is 0. The van der Waals surface area contributed by atoms with Crippen molar-refractivity contribution >= 4 is 18.0 Å². The Labute approximate surface area is 200 Å². The monoisotopic (exact) mass is 484 g/mol. The van der Waals surface area contributed by atoms with E-state index >= 15 is 0 Å². The minimum Gasteiger partial charge on any atom is -0.477 e. The van der Waals surface area contributed by atoms with Gasteiger partial charge in [-0.2, -0.15) is 8.78 Å². The minimum atomic E-state index is -4.10. The lowest BCUT2D eigenvalue weighted by atomic mass is 9.48. The summed E-state index contributed by atoms with van der Waals surface area (Å²) in [7, 11) is 0. The van der Waals surface area contributed by atoms with Gasteiger partial charge in [-0.15, -0.1) is 0 Å². The minimum absolute atomic E-state index is 0.0553. The SMILES string of the molecule is O=C(NC1(C(=O)NCC(F)(F)C(=O)O)CC2(CCC2)C1)OCC1c2ccccc2-c2ccccc21. The number of aliphatic carboxylic acids is 1. The number of hydrogen-bond donors (Lipinski definition) is 3. The molecule has 2 amide bonds. The quantitative estimate of drug-likeness (QED) is 0.550. The highest BCUT2D eigenvalue weighted by Crippen LogP contribution is 2.60. The number of amides is 2. The van der Waals surface area contributed by atoms with Crippen LogP contribution in [-0.4, -0.2) is 47.7 Å². The van der Waals surface area contributed by atoms with Gasteiger partial charge in [0, 0.05) is 5.92 Å². The van der Waals surface area contributed by atoms with E-state index in [1.54, 1.807) is 0 Å². The molecule has 2 saturated carbocycles. The van der Waals surface area contributed by atoms with Crippen molar-refractivity contribution in [3.63, 3.8) is 0 Å². The Bertz CT molecular complexity index is 1140. The summed E-state index contributed by atoms with van der Waals surface area (Å²) in [5.41, 5.74) is 2.78. The van der Waals surface area contributed by atoms with E-state index in [2.05, 4.69) is 5.32 Å². The van der Waals surface area contributed by atoms with Crippen LogP contribution >= 0.6 is 0 Å². The van der Waals surface area contributed by atoms with Crippen LogP contribution in [0.15, 0.2) is 48.5 Å². The second-order valence-electron chi connectivity index (χ2n) is 9.93. The molecule has 0 bridgehead atoms. The van der Waals surface area contributed by atoms with Crippen LogP contribution in [0.2, 0.25) is 0 Å². The highest BCUT2D eigenvalue weighted by molar-refractivity contribution is 5.92. The summed E-state index contributed by atoms with van der Waals surface area (Å²) in [6.45, 7) is -1.29. The van der Waals surface area contributed by atoms with Crippen molar-refractivity contribution in [1.82, 2.24) is 10.6 Å². The molecule has 0 aliphatic heterocycles. The Hall–Kier alpha value is -3.49. The van der Waals surface area contributed by atoms with Crippen molar-refractivity contribution in [2.45, 2.75) is 49.5 Å². The van der Waals surface area contributed by atoms with Crippen molar-refractivity contribution in [2.75, 3.05) is 13.2 Å². The average Bonchev–Trinajstić information content (AvgIpc) is 3.10. The molecular formula is C26H26F2N2O5. The molecule has 0 saturated heterocycles. The number of hydrogen-bond acceptors (Lipinski definition) is 4. The normalized spacial score (nSPS) is 19.0. The van der Waals surface area contributed by atoms with Crippen LogP contribution < -0.4 is 10.6 Å². The van der Waals surface area contributed by atoms with Gasteiger partial charge >= 0.3 is 18.0 Å². The van der Waals surface area contributed by atoms with E-state index in [1.165, 1.54) is 0 Å². The summed E-state index contributed by atoms with van der Waals surface area (Å²) in [4.78, 5) is 36.4. The van der Waals surface area contributed by atoms with Crippen LogP contribution in [0.5, 0.6) is 0 Å². The Balaban J connectivity index is 1.26. The topological polar surface area (TPSA) is 105 Å². The number of alkyl carbamates (subject to hydrolysis) is 1. The number of rotatable bonds is 7. The molecular weight excluding hydrogens is 458 g/mol. The van der Waals surface area contributed by atoms with Crippen molar-refractivity contribution in [3.05, 3.63) is 59.7 Å². The smallest absolute Gasteiger partial charge is 0.408 e. The fourth-order valence-corrected chi connectivity index (χ4v) is 5.83. The first-order chi connectivity index (χ1) is 16.6. The summed E-state index contributed by atoms with van der Waals surface area (Å²) in [6, 6.07) is 15.8. The van der Waals surface area contributed by atoms with E-state index in [9.17, 15) is 23.2 Å². The fraction of sp³-hybridized carbons (Fsp3) is 0.423. The standard InChI is InChI=1S/C26H26F2N2O5/c27-26(28,22(32)33)15-29-21(31)25(13-24(14-25)10-5-11-24)30-23(34)35-12-20-18-8-3-1-6-16(18)17-7-2-4-9-19(17)20/h1-4,6-9,20H,5,10-15H2,(H,29,31)(H,30,34)(H,32,33). The van der Waals surface area contributed by atoms with Crippen molar-refractivity contribution in [1.29, 1.82) is 0 Å². The fourth-order valence-electron chi connectivity index (χ4n) is 5.83. The Kier molecular flexibility index (Phi) is 5.53. The number of alkyl halides is 2. The van der Waals surface area contributed by atoms with Crippen LogP contribution in [0, 0.1) is 5.41 Å². The number of nitrogens with one attached hydrogen (secondary N) is 2. The summed E-state index contributed by atoms with van der Waals surface area (Å²) < 4.78 is 32.6. The maximum atomic E-state index is 13.5. The average molecular weight is 484 g/mol. The third-order valence-corrected chi connectivity index (χ3v) is 7.67. The van der Waals surface area contributed by atoms with E-state index in [-0.39, 0.29) is 17.9 Å². The second kappa shape index (κ2) is 8.32. The second-order valence-corrected chi connectivity index (χ2v) is 9.93. The zero-order valence-corrected chi connectivity index (χ0v) is 19.0. The zero-order chi connectivity index (χ0) is 24.8. The van der Waals surface area contributed by atoms with Crippen LogP contribution in [-0.2, 0) is 14.3 Å². The predicted molar refractivity (Wildman–Crippen MR) is 122 cm³/mol. The third-order valence-electron chi connectivity index (χ3n) is 7.67. The van der Waals surface area contributed by atoms with Crippen LogP contribution in [0.3, 0.4) is 0 Å². The Morgan fingerprint density at radius 1 is 1.00 bits per heavy atom. The molecule has 0 aromatic heterocycles. The first-order valence-corrected chi connectivity index (χ1v) is 11.7. The van der Waals surface area contributed by atoms with Crippen LogP contribution in [0.4, 0.5) is 13.6 Å². The van der Waals surface area contributed by atoms with Crippen molar-refractivity contribution < 1.29 is 33.0 Å². The third kappa shape index (κ3) is 4.02. The van der Waals surface area contributed by atoms with E-state index < -0.39 is 36.0 Å². The van der Waals surface area contributed by atoms with Gasteiger partial charge in [0.15, 0.2) is 0 Å². The summed E-state index contributed by atoms with van der Waals surface area (Å²) in [5, 5.41) is 13.3. The van der Waals surface area contributed by atoms with E-state index in [1.807, 2.05) is 53.8 Å². The molecule has 3 aliphatic carbocycles. The van der Waals surface area contributed by atoms with Gasteiger partial charge in [-0.25, -0.2) is 9.59 Å². The molecule has 0 heterocycles. The number of carboxylic acid groups (broad SMARTS) is 1. The molecule has 2 aromatic rings. The van der Waals surface area contributed by atoms with Gasteiger partial charge < -0.3 is 20.5 Å². The van der Waals surface area contributed by atoms with Crippen molar-refractivity contribution in [2.24, 2.45) is 5.41 Å². The molecule has 2 fully saturated rings. The van der Waals surface area contributed by atoms with Crippen LogP contribution in [0.25, 0.3) is 11.1 Å². The lowest BCUT2D eigenvalue weighted by Gasteiger charge is -2.59. The number of carbonyl (C=O) groups is 3. The number of carbonyl (C=O) groups excluding carboxylic acids is 2. The number of halogens is 2. The molecule has 2 aromatic carbocycles. The Morgan fingerprint density at radius 3 is 2.09 bits per heavy atom. The van der Waals surface area contributed by atoms with Gasteiger partial charge in [0.25, 0.3) is 0 Å². The highest BCUT2D eigenvalue weighted by atomic mass is 19.3. The van der Waals surface area contributed by atoms with E-state index in [0.29, 0.717) is 12.8 Å². The number of benzene rings is 2. The molecule has 35 heavy (non-hydrogen) atoms. The predicted octanol–water partition coefficient (Wildman–Crippen LogP) is 4.06. The first-order valence-electron chi connectivity index (χ1n) is 11.7.